The van der Waals surface area contributed by atoms with Crippen molar-refractivity contribution < 1.29 is 49.8 Å². The first-order valence-corrected chi connectivity index (χ1v) is 14.6. The van der Waals surface area contributed by atoms with Crippen LogP contribution in [-0.2, 0) is 4.74 Å². The number of carboxylic acids is 3. The lowest BCUT2D eigenvalue weighted by Crippen LogP contribution is -2.35. The summed E-state index contributed by atoms with van der Waals surface area (Å²) >= 11 is 6.16. The lowest BCUT2D eigenvalue weighted by atomic mass is 10.1. The number of halogens is 1. The maximum Gasteiger partial charge on any atom is 0.335 e. The Bertz CT molecular complexity index is 1730. The first-order chi connectivity index (χ1) is 23.0. The number of aliphatic hydroxyl groups is 3. The number of fused-ring (bicyclic) bond motifs is 1. The molecular formula is C35H32ClNO11. The molecule has 13 heteroatoms. The number of rotatable bonds is 5. The van der Waals surface area contributed by atoms with Gasteiger partial charge in [0, 0.05) is 17.0 Å². The predicted octanol–water partition coefficient (Wildman–Crippen LogP) is 4.42. The maximum absolute atomic E-state index is 12.5. The molecule has 250 valence electrons. The molecule has 0 spiro atoms. The van der Waals surface area contributed by atoms with Crippen LogP contribution in [0, 0.1) is 0 Å². The molecule has 0 saturated carbocycles. The van der Waals surface area contributed by atoms with Crippen LogP contribution in [0.5, 0.6) is 0 Å². The number of carboxylic acid groups (broad SMARTS) is 3. The highest BCUT2D eigenvalue weighted by Gasteiger charge is 2.43. The number of aromatic carboxylic acids is 3. The standard InChI is InChI=1S/C14H14ClNO5.3C7H6O2/c15-9-5-16(13(20)8-4-2-1-3-7(8)9)14-12(19)11(18)10(6-17)21-14;3*8-7(9)6-4-2-1-3-5-6/h1-5,10-12,14,17-19H,6H2;3*1-5H,(H,8,9)/t10-,11-,12-,14-;;;/m1.../s1. The van der Waals surface area contributed by atoms with E-state index < -0.39 is 49.1 Å². The Morgan fingerprint density at radius 1 is 0.625 bits per heavy atom. The molecule has 1 aromatic heterocycles. The van der Waals surface area contributed by atoms with Gasteiger partial charge in [-0.2, -0.15) is 0 Å². The zero-order chi connectivity index (χ0) is 35.2. The molecule has 5 aromatic rings. The molecule has 0 aliphatic carbocycles. The highest BCUT2D eigenvalue weighted by molar-refractivity contribution is 6.35. The first-order valence-electron chi connectivity index (χ1n) is 14.2. The van der Waals surface area contributed by atoms with E-state index in [1.807, 2.05) is 0 Å². The average molecular weight is 678 g/mol. The highest BCUT2D eigenvalue weighted by Crippen LogP contribution is 2.30. The van der Waals surface area contributed by atoms with E-state index in [4.69, 9.17) is 36.8 Å². The Balaban J connectivity index is 0.000000193. The molecule has 1 aliphatic heterocycles. The SMILES string of the molecule is O=C(O)c1ccccc1.O=C(O)c1ccccc1.O=C(O)c1ccccc1.O=c1c2ccccc2c(Cl)cn1[C@@H]1O[C@H](CO)[C@@H](O)[C@H]1O. The third kappa shape index (κ3) is 10.1. The summed E-state index contributed by atoms with van der Waals surface area (Å²) < 4.78 is 6.51. The second kappa shape index (κ2) is 18.1. The third-order valence-corrected chi connectivity index (χ3v) is 7.06. The number of hydrogen-bond acceptors (Lipinski definition) is 8. The minimum absolute atomic E-state index is 0.331. The van der Waals surface area contributed by atoms with Crippen molar-refractivity contribution in [3.63, 3.8) is 0 Å². The van der Waals surface area contributed by atoms with Crippen molar-refractivity contribution in [2.45, 2.75) is 24.5 Å². The average Bonchev–Trinajstić information content (AvgIpc) is 3.40. The smallest absolute Gasteiger partial charge is 0.335 e. The Kier molecular flexibility index (Phi) is 14.0. The summed E-state index contributed by atoms with van der Waals surface area (Å²) in [5.74, 6) is -2.64. The summed E-state index contributed by atoms with van der Waals surface area (Å²) in [6.07, 6.45) is -3.25. The fourth-order valence-corrected chi connectivity index (χ4v) is 4.58. The van der Waals surface area contributed by atoms with Gasteiger partial charge in [-0.1, -0.05) is 84.4 Å². The van der Waals surface area contributed by atoms with E-state index in [0.717, 1.165) is 4.57 Å². The monoisotopic (exact) mass is 677 g/mol. The molecule has 6 rings (SSSR count). The van der Waals surface area contributed by atoms with Crippen molar-refractivity contribution in [3.8, 4) is 0 Å². The summed E-state index contributed by atoms with van der Waals surface area (Å²) in [6, 6.07) is 31.7. The lowest BCUT2D eigenvalue weighted by molar-refractivity contribution is -0.0541. The molecule has 2 heterocycles. The number of benzene rings is 4. The van der Waals surface area contributed by atoms with Crippen molar-refractivity contribution in [2.24, 2.45) is 0 Å². The zero-order valence-electron chi connectivity index (χ0n) is 25.1. The van der Waals surface area contributed by atoms with Crippen molar-refractivity contribution >= 4 is 40.3 Å². The molecule has 1 aliphatic rings. The lowest BCUT2D eigenvalue weighted by Gasteiger charge is -2.18. The predicted molar refractivity (Wildman–Crippen MR) is 176 cm³/mol. The zero-order valence-corrected chi connectivity index (χ0v) is 25.9. The van der Waals surface area contributed by atoms with Crippen LogP contribution in [0.3, 0.4) is 0 Å². The van der Waals surface area contributed by atoms with E-state index in [1.54, 1.807) is 115 Å². The molecule has 4 atom stereocenters. The van der Waals surface area contributed by atoms with Crippen LogP contribution < -0.4 is 5.56 Å². The molecule has 1 saturated heterocycles. The van der Waals surface area contributed by atoms with Crippen LogP contribution in [0.25, 0.3) is 10.8 Å². The quantitative estimate of drug-likeness (QED) is 0.154. The number of aromatic nitrogens is 1. The van der Waals surface area contributed by atoms with E-state index >= 15 is 0 Å². The van der Waals surface area contributed by atoms with Crippen LogP contribution in [-0.4, -0.2) is 78.0 Å². The normalized spacial score (nSPS) is 17.8. The summed E-state index contributed by atoms with van der Waals surface area (Å²) in [6.45, 7) is -0.454. The molecule has 0 radical (unpaired) electrons. The minimum atomic E-state index is -1.32. The number of hydrogen-bond donors (Lipinski definition) is 6. The van der Waals surface area contributed by atoms with Gasteiger partial charge in [0.05, 0.1) is 28.3 Å². The number of nitrogens with zero attached hydrogens (tertiary/aromatic N) is 1. The van der Waals surface area contributed by atoms with Gasteiger partial charge in [0.2, 0.25) is 0 Å². The summed E-state index contributed by atoms with van der Waals surface area (Å²) in [5, 5.41) is 55.4. The van der Waals surface area contributed by atoms with Crippen LogP contribution in [0.2, 0.25) is 5.02 Å². The van der Waals surface area contributed by atoms with Gasteiger partial charge >= 0.3 is 17.9 Å². The molecule has 48 heavy (non-hydrogen) atoms. The number of carbonyl (C=O) groups is 3. The number of aliphatic hydroxyl groups excluding tert-OH is 3. The fraction of sp³-hybridized carbons (Fsp3) is 0.143. The van der Waals surface area contributed by atoms with Crippen LogP contribution >= 0.6 is 11.6 Å². The molecule has 0 unspecified atom stereocenters. The molecule has 4 aromatic carbocycles. The van der Waals surface area contributed by atoms with E-state index in [-0.39, 0.29) is 5.56 Å². The highest BCUT2D eigenvalue weighted by atomic mass is 35.5. The van der Waals surface area contributed by atoms with Crippen molar-refractivity contribution in [2.75, 3.05) is 6.61 Å². The van der Waals surface area contributed by atoms with E-state index in [0.29, 0.717) is 32.5 Å². The van der Waals surface area contributed by atoms with Gasteiger partial charge in [-0.25, -0.2) is 14.4 Å². The van der Waals surface area contributed by atoms with E-state index in [1.165, 1.54) is 6.20 Å². The second-order valence-corrected chi connectivity index (χ2v) is 10.4. The first kappa shape index (κ1) is 37.1. The van der Waals surface area contributed by atoms with Gasteiger partial charge < -0.3 is 35.4 Å². The van der Waals surface area contributed by atoms with Gasteiger partial charge in [0.25, 0.3) is 5.56 Å². The number of pyridine rings is 1. The van der Waals surface area contributed by atoms with E-state index in [9.17, 15) is 29.4 Å². The van der Waals surface area contributed by atoms with Gasteiger partial charge in [0.15, 0.2) is 6.23 Å². The summed E-state index contributed by atoms with van der Waals surface area (Å²) in [4.78, 5) is 43.1. The van der Waals surface area contributed by atoms with Crippen molar-refractivity contribution in [1.82, 2.24) is 4.57 Å². The molecule has 12 nitrogen and oxygen atoms in total. The molecule has 1 fully saturated rings. The van der Waals surface area contributed by atoms with Crippen LogP contribution in [0.1, 0.15) is 37.3 Å². The molecule has 6 N–H and O–H groups in total. The Morgan fingerprint density at radius 2 is 1.00 bits per heavy atom. The Labute approximate surface area is 278 Å². The van der Waals surface area contributed by atoms with Crippen molar-refractivity contribution in [3.05, 3.63) is 154 Å². The van der Waals surface area contributed by atoms with Gasteiger partial charge in [0.1, 0.15) is 18.3 Å². The largest absolute Gasteiger partial charge is 0.478 e. The van der Waals surface area contributed by atoms with Gasteiger partial charge in [-0.3, -0.25) is 9.36 Å². The minimum Gasteiger partial charge on any atom is -0.478 e. The summed E-state index contributed by atoms with van der Waals surface area (Å²) in [5.41, 5.74) is 0.609. The van der Waals surface area contributed by atoms with Crippen LogP contribution in [0.4, 0.5) is 0 Å². The van der Waals surface area contributed by atoms with Crippen molar-refractivity contribution in [1.29, 1.82) is 0 Å². The Morgan fingerprint density at radius 3 is 1.33 bits per heavy atom. The topological polar surface area (TPSA) is 204 Å². The fourth-order valence-electron chi connectivity index (χ4n) is 4.31. The van der Waals surface area contributed by atoms with Crippen LogP contribution in [0.15, 0.2) is 126 Å². The maximum atomic E-state index is 12.5. The van der Waals surface area contributed by atoms with E-state index in [2.05, 4.69) is 0 Å². The number of ether oxygens (including phenoxy) is 1. The third-order valence-electron chi connectivity index (χ3n) is 6.76. The molecule has 0 amide bonds. The second-order valence-electron chi connectivity index (χ2n) is 9.98. The van der Waals surface area contributed by atoms with Gasteiger partial charge in [-0.05, 0) is 42.5 Å². The summed E-state index contributed by atoms with van der Waals surface area (Å²) in [7, 11) is 0. The van der Waals surface area contributed by atoms with Gasteiger partial charge in [-0.15, -0.1) is 0 Å². The Hall–Kier alpha value is -5.37. The molecular weight excluding hydrogens is 646 g/mol. The molecule has 0 bridgehead atoms.